The van der Waals surface area contributed by atoms with Gasteiger partial charge in [-0.05, 0) is 64.0 Å². The molecule has 1 atom stereocenters. The van der Waals surface area contributed by atoms with Gasteiger partial charge in [-0.25, -0.2) is 4.79 Å². The Bertz CT molecular complexity index is 604. The molecule has 0 spiro atoms. The molecule has 4 nitrogen and oxygen atoms in total. The molecule has 2 fully saturated rings. The fourth-order valence-corrected chi connectivity index (χ4v) is 3.72. The molecule has 1 saturated heterocycles. The number of carbonyl (C=O) groups excluding carboxylic acids is 1. The van der Waals surface area contributed by atoms with Gasteiger partial charge in [0.2, 0.25) is 0 Å². The largest absolute Gasteiger partial charge is 0.444 e. The van der Waals surface area contributed by atoms with Crippen LogP contribution in [0.5, 0.6) is 0 Å². The standard InChI is InChI=1S/C22H34N2O2/c1-21(2,3)26-20(25)24(17-22(4)12-13-22)19-11-8-14-23(16-19)15-18-9-6-5-7-10-18/h5-7,9-10,19H,8,11-17H2,1-4H3/t19-/m1/s1. The maximum absolute atomic E-state index is 12.9. The van der Waals surface area contributed by atoms with Crippen molar-refractivity contribution < 1.29 is 9.53 Å². The molecule has 144 valence electrons. The molecule has 0 unspecified atom stereocenters. The summed E-state index contributed by atoms with van der Waals surface area (Å²) < 4.78 is 5.75. The number of rotatable bonds is 5. The van der Waals surface area contributed by atoms with E-state index < -0.39 is 5.60 Å². The van der Waals surface area contributed by atoms with Crippen molar-refractivity contribution in [3.8, 4) is 0 Å². The van der Waals surface area contributed by atoms with Crippen molar-refractivity contribution in [2.24, 2.45) is 5.41 Å². The number of amides is 1. The zero-order chi connectivity index (χ0) is 18.8. The number of piperidine rings is 1. The smallest absolute Gasteiger partial charge is 0.410 e. The van der Waals surface area contributed by atoms with Crippen LogP contribution in [0.15, 0.2) is 30.3 Å². The van der Waals surface area contributed by atoms with Crippen LogP contribution in [0.25, 0.3) is 0 Å². The second-order valence-electron chi connectivity index (χ2n) is 9.44. The molecule has 26 heavy (non-hydrogen) atoms. The van der Waals surface area contributed by atoms with Crippen LogP contribution in [0.1, 0.15) is 58.9 Å². The number of carbonyl (C=O) groups is 1. The quantitative estimate of drug-likeness (QED) is 0.765. The van der Waals surface area contributed by atoms with Gasteiger partial charge in [0.25, 0.3) is 0 Å². The predicted octanol–water partition coefficient (Wildman–Crippen LogP) is 4.69. The third-order valence-corrected chi connectivity index (χ3v) is 5.45. The first-order valence-electron chi connectivity index (χ1n) is 10.0. The molecular weight excluding hydrogens is 324 g/mol. The molecule has 1 aromatic rings. The van der Waals surface area contributed by atoms with Crippen LogP contribution >= 0.6 is 0 Å². The monoisotopic (exact) mass is 358 g/mol. The molecule has 1 aromatic carbocycles. The van der Waals surface area contributed by atoms with E-state index >= 15 is 0 Å². The molecule has 3 rings (SSSR count). The summed E-state index contributed by atoms with van der Waals surface area (Å²) in [4.78, 5) is 17.4. The number of hydrogen-bond donors (Lipinski definition) is 0. The molecular formula is C22H34N2O2. The van der Waals surface area contributed by atoms with Crippen LogP contribution in [-0.2, 0) is 11.3 Å². The maximum atomic E-state index is 12.9. The number of likely N-dealkylation sites (tertiary alicyclic amines) is 1. The highest BCUT2D eigenvalue weighted by atomic mass is 16.6. The van der Waals surface area contributed by atoms with Gasteiger partial charge < -0.3 is 9.64 Å². The van der Waals surface area contributed by atoms with Crippen LogP contribution < -0.4 is 0 Å². The van der Waals surface area contributed by atoms with E-state index in [-0.39, 0.29) is 12.1 Å². The van der Waals surface area contributed by atoms with Crippen LogP contribution in [-0.4, -0.2) is 47.2 Å². The maximum Gasteiger partial charge on any atom is 0.410 e. The highest BCUT2D eigenvalue weighted by Gasteiger charge is 2.43. The molecule has 1 aliphatic heterocycles. The van der Waals surface area contributed by atoms with Gasteiger partial charge >= 0.3 is 6.09 Å². The summed E-state index contributed by atoms with van der Waals surface area (Å²) in [5.74, 6) is 0. The Kier molecular flexibility index (Phi) is 5.61. The molecule has 0 aromatic heterocycles. The lowest BCUT2D eigenvalue weighted by molar-refractivity contribution is 0.000851. The molecule has 1 saturated carbocycles. The number of benzene rings is 1. The summed E-state index contributed by atoms with van der Waals surface area (Å²) >= 11 is 0. The first-order chi connectivity index (χ1) is 12.2. The fraction of sp³-hybridized carbons (Fsp3) is 0.682. The first-order valence-corrected chi connectivity index (χ1v) is 10.0. The van der Waals surface area contributed by atoms with Crippen molar-refractivity contribution >= 4 is 6.09 Å². The van der Waals surface area contributed by atoms with E-state index in [0.29, 0.717) is 5.41 Å². The van der Waals surface area contributed by atoms with Crippen molar-refractivity contribution in [1.29, 1.82) is 0 Å². The average Bonchev–Trinajstić information content (AvgIpc) is 3.30. The lowest BCUT2D eigenvalue weighted by Gasteiger charge is -2.41. The Morgan fingerprint density at radius 1 is 1.27 bits per heavy atom. The van der Waals surface area contributed by atoms with Gasteiger partial charge in [0, 0.05) is 25.7 Å². The minimum Gasteiger partial charge on any atom is -0.444 e. The summed E-state index contributed by atoms with van der Waals surface area (Å²) in [5.41, 5.74) is 1.18. The molecule has 0 bridgehead atoms. The molecule has 1 amide bonds. The van der Waals surface area contributed by atoms with E-state index in [4.69, 9.17) is 4.74 Å². The second kappa shape index (κ2) is 7.59. The van der Waals surface area contributed by atoms with Gasteiger partial charge in [0.1, 0.15) is 5.60 Å². The van der Waals surface area contributed by atoms with Crippen molar-refractivity contribution in [3.63, 3.8) is 0 Å². The van der Waals surface area contributed by atoms with Gasteiger partial charge in [0.05, 0.1) is 0 Å². The van der Waals surface area contributed by atoms with E-state index in [0.717, 1.165) is 39.0 Å². The van der Waals surface area contributed by atoms with Crippen LogP contribution in [0.2, 0.25) is 0 Å². The van der Waals surface area contributed by atoms with Crippen LogP contribution in [0, 0.1) is 5.41 Å². The predicted molar refractivity (Wildman–Crippen MR) is 105 cm³/mol. The van der Waals surface area contributed by atoms with E-state index in [1.54, 1.807) is 0 Å². The Labute approximate surface area is 158 Å². The van der Waals surface area contributed by atoms with Gasteiger partial charge in [-0.3, -0.25) is 4.90 Å². The van der Waals surface area contributed by atoms with Gasteiger partial charge in [0.15, 0.2) is 0 Å². The van der Waals surface area contributed by atoms with Gasteiger partial charge in [-0.1, -0.05) is 37.3 Å². The third kappa shape index (κ3) is 5.47. The summed E-state index contributed by atoms with van der Waals surface area (Å²) in [5, 5.41) is 0. The molecule has 2 aliphatic rings. The zero-order valence-corrected chi connectivity index (χ0v) is 16.8. The van der Waals surface area contributed by atoms with E-state index in [9.17, 15) is 4.79 Å². The lowest BCUT2D eigenvalue weighted by Crippen LogP contribution is -2.52. The minimum absolute atomic E-state index is 0.141. The Balaban J connectivity index is 1.67. The van der Waals surface area contributed by atoms with E-state index in [1.807, 2.05) is 25.7 Å². The Morgan fingerprint density at radius 3 is 2.58 bits per heavy atom. The summed E-state index contributed by atoms with van der Waals surface area (Å²) in [7, 11) is 0. The van der Waals surface area contributed by atoms with Gasteiger partial charge in [-0.2, -0.15) is 0 Å². The Morgan fingerprint density at radius 2 is 1.96 bits per heavy atom. The second-order valence-corrected chi connectivity index (χ2v) is 9.44. The molecule has 1 aliphatic carbocycles. The van der Waals surface area contributed by atoms with Crippen molar-refractivity contribution in [1.82, 2.24) is 9.80 Å². The van der Waals surface area contributed by atoms with Crippen LogP contribution in [0.4, 0.5) is 4.79 Å². The lowest BCUT2D eigenvalue weighted by atomic mass is 10.0. The number of nitrogens with zero attached hydrogens (tertiary/aromatic N) is 2. The minimum atomic E-state index is -0.446. The summed E-state index contributed by atoms with van der Waals surface area (Å²) in [6.07, 6.45) is 4.49. The molecule has 1 heterocycles. The summed E-state index contributed by atoms with van der Waals surface area (Å²) in [6, 6.07) is 10.9. The van der Waals surface area contributed by atoms with E-state index in [1.165, 1.54) is 18.4 Å². The average molecular weight is 359 g/mol. The molecule has 0 radical (unpaired) electrons. The number of ether oxygens (including phenoxy) is 1. The van der Waals surface area contributed by atoms with Crippen molar-refractivity contribution in [2.75, 3.05) is 19.6 Å². The topological polar surface area (TPSA) is 32.8 Å². The Hall–Kier alpha value is -1.55. The molecule has 4 heteroatoms. The van der Waals surface area contributed by atoms with E-state index in [2.05, 4.69) is 42.2 Å². The van der Waals surface area contributed by atoms with Crippen LogP contribution in [0.3, 0.4) is 0 Å². The highest BCUT2D eigenvalue weighted by Crippen LogP contribution is 2.46. The summed E-state index contributed by atoms with van der Waals surface area (Å²) in [6.45, 7) is 12.0. The first kappa shape index (κ1) is 19.2. The molecule has 0 N–H and O–H groups in total. The third-order valence-electron chi connectivity index (χ3n) is 5.45. The van der Waals surface area contributed by atoms with Crippen molar-refractivity contribution in [2.45, 2.75) is 71.6 Å². The zero-order valence-electron chi connectivity index (χ0n) is 16.8. The van der Waals surface area contributed by atoms with Gasteiger partial charge in [-0.15, -0.1) is 0 Å². The highest BCUT2D eigenvalue weighted by molar-refractivity contribution is 5.68. The number of hydrogen-bond acceptors (Lipinski definition) is 3. The van der Waals surface area contributed by atoms with Crippen molar-refractivity contribution in [3.05, 3.63) is 35.9 Å². The normalized spacial score (nSPS) is 22.7. The fourth-order valence-electron chi connectivity index (χ4n) is 3.72. The SMILES string of the molecule is CC1(CN(C(=O)OC(C)(C)C)[C@@H]2CCCN(Cc3ccccc3)C2)CC1.